The third kappa shape index (κ3) is 3.43. The van der Waals surface area contributed by atoms with E-state index in [0.29, 0.717) is 18.2 Å². The Morgan fingerprint density at radius 1 is 1.14 bits per heavy atom. The van der Waals surface area contributed by atoms with Crippen LogP contribution in [-0.4, -0.2) is 35.8 Å². The number of nitrogens with zero attached hydrogens (tertiary/aromatic N) is 1. The van der Waals surface area contributed by atoms with Gasteiger partial charge in [0.25, 0.3) is 5.91 Å². The normalized spacial score (nSPS) is 22.0. The van der Waals surface area contributed by atoms with Crippen LogP contribution in [0.4, 0.5) is 0 Å². The second-order valence-corrected chi connectivity index (χ2v) is 6.24. The van der Waals surface area contributed by atoms with Gasteiger partial charge in [-0.3, -0.25) is 9.59 Å². The number of rotatable bonds is 3. The molecule has 0 spiro atoms. The number of amides is 2. The van der Waals surface area contributed by atoms with E-state index in [1.807, 2.05) is 36.1 Å². The molecule has 0 aromatic heterocycles. The SMILES string of the molecule is Cc1ccc(C(=O)N2CCCC(C(=O)NC3CC3)C2)cc1. The monoisotopic (exact) mass is 286 g/mol. The lowest BCUT2D eigenvalue weighted by Gasteiger charge is -2.32. The first-order valence-electron chi connectivity index (χ1n) is 7.80. The Kier molecular flexibility index (Phi) is 3.95. The number of aryl methyl sites for hydroxylation is 1. The number of carbonyl (C=O) groups excluding carboxylic acids is 2. The zero-order valence-electron chi connectivity index (χ0n) is 12.5. The van der Waals surface area contributed by atoms with Crippen molar-refractivity contribution >= 4 is 11.8 Å². The van der Waals surface area contributed by atoms with Gasteiger partial charge in [0.1, 0.15) is 0 Å². The molecular weight excluding hydrogens is 264 g/mol. The Bertz CT molecular complexity index is 534. The molecule has 1 aliphatic carbocycles. The summed E-state index contributed by atoms with van der Waals surface area (Å²) in [5.41, 5.74) is 1.86. The third-order valence-electron chi connectivity index (χ3n) is 4.30. The van der Waals surface area contributed by atoms with Gasteiger partial charge in [-0.25, -0.2) is 0 Å². The van der Waals surface area contributed by atoms with Gasteiger partial charge < -0.3 is 10.2 Å². The Morgan fingerprint density at radius 2 is 1.86 bits per heavy atom. The van der Waals surface area contributed by atoms with Crippen molar-refractivity contribution < 1.29 is 9.59 Å². The summed E-state index contributed by atoms with van der Waals surface area (Å²) < 4.78 is 0. The molecule has 2 aliphatic rings. The van der Waals surface area contributed by atoms with E-state index in [0.717, 1.165) is 37.8 Å². The molecule has 0 radical (unpaired) electrons. The fourth-order valence-electron chi connectivity index (χ4n) is 2.80. The largest absolute Gasteiger partial charge is 0.353 e. The summed E-state index contributed by atoms with van der Waals surface area (Å²) >= 11 is 0. The summed E-state index contributed by atoms with van der Waals surface area (Å²) in [6, 6.07) is 8.03. The maximum Gasteiger partial charge on any atom is 0.253 e. The molecule has 3 rings (SSSR count). The highest BCUT2D eigenvalue weighted by molar-refractivity contribution is 5.94. The van der Waals surface area contributed by atoms with Gasteiger partial charge in [0.05, 0.1) is 5.92 Å². The van der Waals surface area contributed by atoms with Crippen molar-refractivity contribution in [1.82, 2.24) is 10.2 Å². The van der Waals surface area contributed by atoms with E-state index in [9.17, 15) is 9.59 Å². The molecule has 1 saturated carbocycles. The van der Waals surface area contributed by atoms with Crippen LogP contribution in [0.15, 0.2) is 24.3 Å². The lowest BCUT2D eigenvalue weighted by Crippen LogP contribution is -2.45. The van der Waals surface area contributed by atoms with E-state index in [1.165, 1.54) is 0 Å². The predicted octanol–water partition coefficient (Wildman–Crippen LogP) is 2.13. The highest BCUT2D eigenvalue weighted by atomic mass is 16.2. The average Bonchev–Trinajstić information content (AvgIpc) is 3.31. The van der Waals surface area contributed by atoms with Crippen molar-refractivity contribution in [1.29, 1.82) is 0 Å². The number of hydrogen-bond donors (Lipinski definition) is 1. The molecule has 112 valence electrons. The number of hydrogen-bond acceptors (Lipinski definition) is 2. The van der Waals surface area contributed by atoms with Gasteiger partial charge in [-0.15, -0.1) is 0 Å². The Morgan fingerprint density at radius 3 is 2.52 bits per heavy atom. The molecule has 1 aromatic carbocycles. The van der Waals surface area contributed by atoms with Crippen LogP contribution in [0.1, 0.15) is 41.6 Å². The lowest BCUT2D eigenvalue weighted by atomic mass is 9.96. The first-order valence-corrected chi connectivity index (χ1v) is 7.80. The zero-order chi connectivity index (χ0) is 14.8. The summed E-state index contributed by atoms with van der Waals surface area (Å²) in [6.07, 6.45) is 3.99. The molecule has 2 amide bonds. The minimum Gasteiger partial charge on any atom is -0.353 e. The van der Waals surface area contributed by atoms with Crippen molar-refractivity contribution in [2.75, 3.05) is 13.1 Å². The zero-order valence-corrected chi connectivity index (χ0v) is 12.5. The van der Waals surface area contributed by atoms with Crippen molar-refractivity contribution in [3.63, 3.8) is 0 Å². The fraction of sp³-hybridized carbons (Fsp3) is 0.529. The van der Waals surface area contributed by atoms with Gasteiger partial charge in [0, 0.05) is 24.7 Å². The molecule has 21 heavy (non-hydrogen) atoms. The molecule has 1 saturated heterocycles. The van der Waals surface area contributed by atoms with Crippen molar-refractivity contribution in [3.05, 3.63) is 35.4 Å². The van der Waals surface area contributed by atoms with E-state index in [2.05, 4.69) is 5.32 Å². The summed E-state index contributed by atoms with van der Waals surface area (Å²) in [5.74, 6) is 0.117. The van der Waals surface area contributed by atoms with Crippen molar-refractivity contribution in [2.45, 2.75) is 38.6 Å². The topological polar surface area (TPSA) is 49.4 Å². The maximum absolute atomic E-state index is 12.5. The van der Waals surface area contributed by atoms with E-state index >= 15 is 0 Å². The first kappa shape index (κ1) is 14.1. The average molecular weight is 286 g/mol. The molecule has 1 atom stereocenters. The number of carbonyl (C=O) groups is 2. The molecule has 1 unspecified atom stereocenters. The van der Waals surface area contributed by atoms with E-state index in [1.54, 1.807) is 0 Å². The van der Waals surface area contributed by atoms with Crippen LogP contribution in [0.3, 0.4) is 0 Å². The van der Waals surface area contributed by atoms with Crippen LogP contribution in [0.2, 0.25) is 0 Å². The van der Waals surface area contributed by atoms with Gasteiger partial charge in [-0.2, -0.15) is 0 Å². The van der Waals surface area contributed by atoms with E-state index in [-0.39, 0.29) is 17.7 Å². The highest BCUT2D eigenvalue weighted by Gasteiger charge is 2.32. The van der Waals surface area contributed by atoms with Gasteiger partial charge in [-0.1, -0.05) is 17.7 Å². The number of benzene rings is 1. The lowest BCUT2D eigenvalue weighted by molar-refractivity contribution is -0.126. The maximum atomic E-state index is 12.5. The molecule has 1 aliphatic heterocycles. The molecule has 1 heterocycles. The Hall–Kier alpha value is -1.84. The number of likely N-dealkylation sites (tertiary alicyclic amines) is 1. The van der Waals surface area contributed by atoms with Gasteiger partial charge in [-0.05, 0) is 44.7 Å². The number of nitrogens with one attached hydrogen (secondary N) is 1. The van der Waals surface area contributed by atoms with Crippen LogP contribution in [0.25, 0.3) is 0 Å². The second kappa shape index (κ2) is 5.88. The predicted molar refractivity (Wildman–Crippen MR) is 81.0 cm³/mol. The van der Waals surface area contributed by atoms with Crippen molar-refractivity contribution in [2.24, 2.45) is 5.92 Å². The van der Waals surface area contributed by atoms with Gasteiger partial charge in [0.15, 0.2) is 0 Å². The molecule has 4 heteroatoms. The minimum atomic E-state index is -0.0475. The van der Waals surface area contributed by atoms with Gasteiger partial charge >= 0.3 is 0 Å². The minimum absolute atomic E-state index is 0.0407. The smallest absolute Gasteiger partial charge is 0.253 e. The van der Waals surface area contributed by atoms with E-state index in [4.69, 9.17) is 0 Å². The molecule has 2 fully saturated rings. The summed E-state index contributed by atoms with van der Waals surface area (Å²) in [7, 11) is 0. The van der Waals surface area contributed by atoms with Crippen LogP contribution < -0.4 is 5.32 Å². The van der Waals surface area contributed by atoms with Crippen molar-refractivity contribution in [3.8, 4) is 0 Å². The number of piperidine rings is 1. The summed E-state index contributed by atoms with van der Waals surface area (Å²) in [5, 5.41) is 3.05. The quantitative estimate of drug-likeness (QED) is 0.925. The molecule has 1 aromatic rings. The Balaban J connectivity index is 1.63. The molecule has 1 N–H and O–H groups in total. The third-order valence-corrected chi connectivity index (χ3v) is 4.30. The summed E-state index contributed by atoms with van der Waals surface area (Å²) in [4.78, 5) is 26.5. The van der Waals surface area contributed by atoms with Crippen LogP contribution in [0.5, 0.6) is 0 Å². The van der Waals surface area contributed by atoms with Gasteiger partial charge in [0.2, 0.25) is 5.91 Å². The molecular formula is C17H22N2O2. The van der Waals surface area contributed by atoms with Crippen LogP contribution in [0, 0.1) is 12.8 Å². The van der Waals surface area contributed by atoms with E-state index < -0.39 is 0 Å². The first-order chi connectivity index (χ1) is 10.1. The summed E-state index contributed by atoms with van der Waals surface area (Å²) in [6.45, 7) is 3.30. The standard InChI is InChI=1S/C17H22N2O2/c1-12-4-6-13(7-5-12)17(21)19-10-2-3-14(11-19)16(20)18-15-8-9-15/h4-7,14-15H,2-3,8-11H2,1H3,(H,18,20). The molecule has 4 nitrogen and oxygen atoms in total. The fourth-order valence-corrected chi connectivity index (χ4v) is 2.80. The Labute approximate surface area is 125 Å². The highest BCUT2D eigenvalue weighted by Crippen LogP contribution is 2.23. The molecule has 0 bridgehead atoms. The van der Waals surface area contributed by atoms with Crippen LogP contribution >= 0.6 is 0 Å². The second-order valence-electron chi connectivity index (χ2n) is 6.24. The van der Waals surface area contributed by atoms with Crippen LogP contribution in [-0.2, 0) is 4.79 Å².